The first-order valence-corrected chi connectivity index (χ1v) is 9.98. The number of carbonyl (C=O) groups excluding carboxylic acids is 1. The summed E-state index contributed by atoms with van der Waals surface area (Å²) < 4.78 is 20.8. The van der Waals surface area contributed by atoms with Gasteiger partial charge in [-0.3, -0.25) is 4.79 Å². The molecule has 31 heavy (non-hydrogen) atoms. The lowest BCUT2D eigenvalue weighted by Gasteiger charge is -2.16. The molecule has 1 fully saturated rings. The van der Waals surface area contributed by atoms with E-state index in [1.165, 1.54) is 12.1 Å². The van der Waals surface area contributed by atoms with E-state index in [9.17, 15) is 9.18 Å². The molecule has 1 aliphatic heterocycles. The Labute approximate surface area is 177 Å². The van der Waals surface area contributed by atoms with Gasteiger partial charge in [-0.15, -0.1) is 5.10 Å². The average Bonchev–Trinajstić information content (AvgIpc) is 3.35. The Morgan fingerprint density at radius 1 is 1.13 bits per heavy atom. The third-order valence-electron chi connectivity index (χ3n) is 5.34. The summed E-state index contributed by atoms with van der Waals surface area (Å²) in [4.78, 5) is 18.3. The van der Waals surface area contributed by atoms with Crippen LogP contribution in [0.2, 0.25) is 0 Å². The van der Waals surface area contributed by atoms with Gasteiger partial charge in [-0.2, -0.15) is 0 Å². The number of hydrogen-bond acceptors (Lipinski definition) is 5. The number of halogens is 1. The first-order valence-electron chi connectivity index (χ1n) is 9.98. The molecule has 4 aromatic rings. The number of imidazole rings is 1. The van der Waals surface area contributed by atoms with E-state index in [-0.39, 0.29) is 18.3 Å². The first-order chi connectivity index (χ1) is 15.1. The van der Waals surface area contributed by atoms with E-state index in [0.717, 1.165) is 22.5 Å². The number of amides is 1. The minimum atomic E-state index is -0.423. The number of nitrogens with two attached hydrogens (primary N) is 1. The fourth-order valence-corrected chi connectivity index (χ4v) is 3.68. The summed E-state index contributed by atoms with van der Waals surface area (Å²) in [6.45, 7) is 0.837. The molecule has 1 saturated heterocycles. The summed E-state index contributed by atoms with van der Waals surface area (Å²) in [5, 5.41) is 4.53. The van der Waals surface area contributed by atoms with Gasteiger partial charge in [-0.25, -0.2) is 13.9 Å². The van der Waals surface area contributed by atoms with Crippen molar-refractivity contribution in [2.45, 2.75) is 19.1 Å². The van der Waals surface area contributed by atoms with E-state index in [0.29, 0.717) is 24.5 Å². The van der Waals surface area contributed by atoms with Crippen LogP contribution in [-0.4, -0.2) is 33.1 Å². The minimum absolute atomic E-state index is 0.0516. The summed E-state index contributed by atoms with van der Waals surface area (Å²) in [6.07, 6.45) is 2.40. The lowest BCUT2D eigenvalue weighted by atomic mass is 10.1. The summed E-state index contributed by atoms with van der Waals surface area (Å²) in [6, 6.07) is 17.0. The van der Waals surface area contributed by atoms with Crippen LogP contribution in [0, 0.1) is 5.82 Å². The van der Waals surface area contributed by atoms with E-state index in [1.807, 2.05) is 30.3 Å². The summed E-state index contributed by atoms with van der Waals surface area (Å²) in [5.41, 5.74) is 9.74. The van der Waals surface area contributed by atoms with Gasteiger partial charge in [-0.05, 0) is 42.3 Å². The van der Waals surface area contributed by atoms with Crippen LogP contribution in [0.4, 0.5) is 10.1 Å². The predicted molar refractivity (Wildman–Crippen MR) is 114 cm³/mol. The van der Waals surface area contributed by atoms with E-state index in [1.54, 1.807) is 33.8 Å². The third-order valence-corrected chi connectivity index (χ3v) is 5.34. The van der Waals surface area contributed by atoms with Crippen LogP contribution in [0.15, 0.2) is 66.9 Å². The maximum Gasteiger partial charge on any atom is 0.243 e. The molecule has 0 bridgehead atoms. The highest BCUT2D eigenvalue weighted by atomic mass is 19.1. The number of nitrogens with zero attached hydrogens (tertiary/aromatic N) is 4. The van der Waals surface area contributed by atoms with Gasteiger partial charge in [0, 0.05) is 23.9 Å². The average molecular weight is 417 g/mol. The lowest BCUT2D eigenvalue weighted by molar-refractivity contribution is -0.118. The molecule has 1 amide bonds. The van der Waals surface area contributed by atoms with Gasteiger partial charge in [0.05, 0.1) is 17.9 Å². The molecule has 5 rings (SSSR count). The fourth-order valence-electron chi connectivity index (χ4n) is 3.68. The minimum Gasteiger partial charge on any atom is -0.472 e. The van der Waals surface area contributed by atoms with Crippen molar-refractivity contribution in [3.05, 3.63) is 78.2 Å². The van der Waals surface area contributed by atoms with Crippen LogP contribution in [0.25, 0.3) is 16.9 Å². The van der Waals surface area contributed by atoms with Crippen molar-refractivity contribution in [3.63, 3.8) is 0 Å². The molecule has 0 radical (unpaired) electrons. The van der Waals surface area contributed by atoms with Crippen LogP contribution >= 0.6 is 0 Å². The maximum atomic E-state index is 13.4. The van der Waals surface area contributed by atoms with Crippen molar-refractivity contribution in [1.29, 1.82) is 0 Å². The molecule has 0 aliphatic carbocycles. The SMILES string of the molecule is NC1CCN(c2ccc(-c3cnc4ccc(OCc5cccc(F)c5)nn34)cc2)C1=O. The Hall–Kier alpha value is -3.78. The molecule has 156 valence electrons. The zero-order chi connectivity index (χ0) is 21.4. The molecule has 1 atom stereocenters. The largest absolute Gasteiger partial charge is 0.472 e. The highest BCUT2D eigenvalue weighted by molar-refractivity contribution is 5.99. The molecule has 1 aliphatic rings. The maximum absolute atomic E-state index is 13.4. The summed E-state index contributed by atoms with van der Waals surface area (Å²) in [7, 11) is 0. The van der Waals surface area contributed by atoms with Gasteiger partial charge in [0.2, 0.25) is 11.8 Å². The third kappa shape index (κ3) is 3.73. The standard InChI is InChI=1S/C23H20FN5O2/c24-17-3-1-2-15(12-17)14-31-22-9-8-21-26-13-20(29(21)27-22)16-4-6-18(7-5-16)28-11-10-19(25)23(28)30/h1-9,12-13,19H,10-11,14,25H2. The summed E-state index contributed by atoms with van der Waals surface area (Å²) >= 11 is 0. The van der Waals surface area contributed by atoms with Crippen molar-refractivity contribution < 1.29 is 13.9 Å². The normalized spacial score (nSPS) is 16.3. The number of aromatic nitrogens is 3. The lowest BCUT2D eigenvalue weighted by Crippen LogP contribution is -2.33. The molecule has 3 heterocycles. The van der Waals surface area contributed by atoms with E-state index in [2.05, 4.69) is 10.1 Å². The molecular weight excluding hydrogens is 397 g/mol. The topological polar surface area (TPSA) is 85.8 Å². The number of hydrogen-bond donors (Lipinski definition) is 1. The van der Waals surface area contributed by atoms with Crippen LogP contribution < -0.4 is 15.4 Å². The quantitative estimate of drug-likeness (QED) is 0.539. The molecule has 2 aromatic carbocycles. The van der Waals surface area contributed by atoms with Crippen LogP contribution in [-0.2, 0) is 11.4 Å². The molecule has 0 saturated carbocycles. The Bertz CT molecular complexity index is 1250. The van der Waals surface area contributed by atoms with Gasteiger partial charge in [0.15, 0.2) is 5.65 Å². The van der Waals surface area contributed by atoms with Gasteiger partial charge in [0.1, 0.15) is 12.4 Å². The van der Waals surface area contributed by atoms with Crippen LogP contribution in [0.1, 0.15) is 12.0 Å². The van der Waals surface area contributed by atoms with Gasteiger partial charge < -0.3 is 15.4 Å². The number of ether oxygens (including phenoxy) is 1. The van der Waals surface area contributed by atoms with Gasteiger partial charge >= 0.3 is 0 Å². The van der Waals surface area contributed by atoms with Crippen LogP contribution in [0.3, 0.4) is 0 Å². The molecule has 2 N–H and O–H groups in total. The second kappa shape index (κ2) is 7.81. The number of rotatable bonds is 5. The highest BCUT2D eigenvalue weighted by Gasteiger charge is 2.29. The Morgan fingerprint density at radius 2 is 1.97 bits per heavy atom. The van der Waals surface area contributed by atoms with Crippen molar-refractivity contribution in [1.82, 2.24) is 14.6 Å². The van der Waals surface area contributed by atoms with Crippen molar-refractivity contribution in [2.24, 2.45) is 5.73 Å². The van der Waals surface area contributed by atoms with E-state index in [4.69, 9.17) is 10.5 Å². The Kier molecular flexibility index (Phi) is 4.83. The monoisotopic (exact) mass is 417 g/mol. The molecular formula is C23H20FN5O2. The molecule has 2 aromatic heterocycles. The predicted octanol–water partition coefficient (Wildman–Crippen LogP) is 3.18. The Balaban J connectivity index is 1.38. The second-order valence-electron chi connectivity index (χ2n) is 7.44. The fraction of sp³-hybridized carbons (Fsp3) is 0.174. The van der Waals surface area contributed by atoms with E-state index < -0.39 is 6.04 Å². The molecule has 7 nitrogen and oxygen atoms in total. The smallest absolute Gasteiger partial charge is 0.243 e. The Morgan fingerprint density at radius 3 is 2.71 bits per heavy atom. The number of benzene rings is 2. The number of anilines is 1. The van der Waals surface area contributed by atoms with E-state index >= 15 is 0 Å². The zero-order valence-electron chi connectivity index (χ0n) is 16.6. The number of fused-ring (bicyclic) bond motifs is 1. The van der Waals surface area contributed by atoms with Gasteiger partial charge in [0.25, 0.3) is 0 Å². The first kappa shape index (κ1) is 19.2. The molecule has 0 spiro atoms. The highest BCUT2D eigenvalue weighted by Crippen LogP contribution is 2.26. The van der Waals surface area contributed by atoms with Crippen molar-refractivity contribution >= 4 is 17.2 Å². The van der Waals surface area contributed by atoms with Crippen molar-refractivity contribution in [2.75, 3.05) is 11.4 Å². The van der Waals surface area contributed by atoms with Crippen molar-refractivity contribution in [3.8, 4) is 17.1 Å². The number of carbonyl (C=O) groups is 1. The molecule has 8 heteroatoms. The molecule has 1 unspecified atom stereocenters. The zero-order valence-corrected chi connectivity index (χ0v) is 16.6. The summed E-state index contributed by atoms with van der Waals surface area (Å²) in [5.74, 6) is 0.0519. The second-order valence-corrected chi connectivity index (χ2v) is 7.44. The van der Waals surface area contributed by atoms with Gasteiger partial charge in [-0.1, -0.05) is 24.3 Å². The van der Waals surface area contributed by atoms with Crippen LogP contribution in [0.5, 0.6) is 5.88 Å².